The summed E-state index contributed by atoms with van der Waals surface area (Å²) in [7, 11) is 2.06. The van der Waals surface area contributed by atoms with Gasteiger partial charge in [-0.25, -0.2) is 0 Å². The van der Waals surface area contributed by atoms with Crippen LogP contribution in [0.1, 0.15) is 24.8 Å². The fourth-order valence-electron chi connectivity index (χ4n) is 2.48. The molecule has 1 saturated carbocycles. The van der Waals surface area contributed by atoms with Crippen molar-refractivity contribution >= 4 is 11.6 Å². The zero-order chi connectivity index (χ0) is 10.7. The molecular weight excluding hydrogens is 206 g/mol. The maximum absolute atomic E-state index is 5.86. The Hall–Kier alpha value is -0.530. The second-order valence-corrected chi connectivity index (χ2v) is 4.93. The van der Waals surface area contributed by atoms with Crippen LogP contribution in [0.3, 0.4) is 0 Å². The minimum Gasteiger partial charge on any atom is -0.317 e. The molecule has 1 nitrogen and oxygen atoms in total. The Labute approximate surface area is 96.8 Å². The average molecular weight is 224 g/mol. The first kappa shape index (κ1) is 11.0. The van der Waals surface area contributed by atoms with E-state index in [0.717, 1.165) is 17.0 Å². The number of halogens is 1. The second kappa shape index (κ2) is 5.00. The van der Waals surface area contributed by atoms with Crippen molar-refractivity contribution in [3.63, 3.8) is 0 Å². The maximum atomic E-state index is 5.86. The second-order valence-electron chi connectivity index (χ2n) is 4.50. The van der Waals surface area contributed by atoms with Gasteiger partial charge in [0.05, 0.1) is 0 Å². The summed E-state index contributed by atoms with van der Waals surface area (Å²) >= 11 is 5.86. The molecule has 1 N–H and O–H groups in total. The van der Waals surface area contributed by atoms with Crippen molar-refractivity contribution in [2.24, 2.45) is 5.92 Å². The Balaban J connectivity index is 1.90. The molecule has 0 amide bonds. The topological polar surface area (TPSA) is 12.0 Å². The summed E-state index contributed by atoms with van der Waals surface area (Å²) in [6.45, 7) is 0. The summed E-state index contributed by atoms with van der Waals surface area (Å²) in [5.74, 6) is 0.851. The number of benzene rings is 1. The van der Waals surface area contributed by atoms with Gasteiger partial charge in [-0.05, 0) is 56.3 Å². The predicted molar refractivity (Wildman–Crippen MR) is 65.3 cm³/mol. The predicted octanol–water partition coefficient (Wildman–Crippen LogP) is 3.27. The molecule has 1 aromatic carbocycles. The van der Waals surface area contributed by atoms with Gasteiger partial charge in [-0.3, -0.25) is 0 Å². The van der Waals surface area contributed by atoms with Gasteiger partial charge in [0.15, 0.2) is 0 Å². The zero-order valence-corrected chi connectivity index (χ0v) is 9.93. The van der Waals surface area contributed by atoms with Crippen LogP contribution < -0.4 is 5.32 Å². The zero-order valence-electron chi connectivity index (χ0n) is 9.17. The first-order valence-corrected chi connectivity index (χ1v) is 6.07. The van der Waals surface area contributed by atoms with Crippen LogP contribution in [0.15, 0.2) is 24.3 Å². The lowest BCUT2D eigenvalue weighted by Crippen LogP contribution is -2.21. The molecule has 1 fully saturated rings. The van der Waals surface area contributed by atoms with Crippen LogP contribution in [0.2, 0.25) is 5.02 Å². The van der Waals surface area contributed by atoms with Gasteiger partial charge >= 0.3 is 0 Å². The van der Waals surface area contributed by atoms with E-state index in [2.05, 4.69) is 24.5 Å². The van der Waals surface area contributed by atoms with E-state index < -0.39 is 0 Å². The van der Waals surface area contributed by atoms with Crippen molar-refractivity contribution in [3.05, 3.63) is 34.9 Å². The fraction of sp³-hybridized carbons (Fsp3) is 0.538. The molecule has 0 radical (unpaired) electrons. The summed E-state index contributed by atoms with van der Waals surface area (Å²) < 4.78 is 0. The molecule has 2 unspecified atom stereocenters. The molecule has 82 valence electrons. The van der Waals surface area contributed by atoms with Crippen LogP contribution in [-0.4, -0.2) is 13.1 Å². The van der Waals surface area contributed by atoms with E-state index in [1.54, 1.807) is 0 Å². The molecule has 0 saturated heterocycles. The summed E-state index contributed by atoms with van der Waals surface area (Å²) in [5.41, 5.74) is 1.42. The third-order valence-corrected chi connectivity index (χ3v) is 3.64. The van der Waals surface area contributed by atoms with Crippen molar-refractivity contribution < 1.29 is 0 Å². The van der Waals surface area contributed by atoms with E-state index in [1.807, 2.05) is 12.1 Å². The van der Waals surface area contributed by atoms with Crippen molar-refractivity contribution in [3.8, 4) is 0 Å². The van der Waals surface area contributed by atoms with Crippen molar-refractivity contribution in [1.29, 1.82) is 0 Å². The van der Waals surface area contributed by atoms with E-state index in [-0.39, 0.29) is 0 Å². The van der Waals surface area contributed by atoms with E-state index in [1.165, 1.54) is 31.2 Å². The largest absolute Gasteiger partial charge is 0.317 e. The number of hydrogen-bond acceptors (Lipinski definition) is 1. The molecule has 1 aliphatic rings. The molecule has 0 bridgehead atoms. The highest BCUT2D eigenvalue weighted by atomic mass is 35.5. The Morgan fingerprint density at radius 2 is 2.00 bits per heavy atom. The average Bonchev–Trinajstić information content (AvgIpc) is 2.69. The fourth-order valence-corrected chi connectivity index (χ4v) is 2.60. The van der Waals surface area contributed by atoms with Gasteiger partial charge in [-0.2, -0.15) is 0 Å². The molecule has 2 rings (SSSR count). The molecule has 0 aromatic heterocycles. The monoisotopic (exact) mass is 223 g/mol. The van der Waals surface area contributed by atoms with Gasteiger partial charge in [0.1, 0.15) is 0 Å². The van der Waals surface area contributed by atoms with Crippen LogP contribution in [0.4, 0.5) is 0 Å². The third kappa shape index (κ3) is 2.96. The molecular formula is C13H18ClN. The highest BCUT2D eigenvalue weighted by Gasteiger charge is 2.23. The lowest BCUT2D eigenvalue weighted by molar-refractivity contribution is 0.510. The van der Waals surface area contributed by atoms with Crippen molar-refractivity contribution in [2.45, 2.75) is 31.7 Å². The molecule has 0 aliphatic heterocycles. The molecule has 0 spiro atoms. The van der Waals surface area contributed by atoms with Crippen molar-refractivity contribution in [1.82, 2.24) is 5.32 Å². The minimum atomic E-state index is 0.738. The number of rotatable bonds is 3. The first-order valence-electron chi connectivity index (χ1n) is 5.69. The summed E-state index contributed by atoms with van der Waals surface area (Å²) in [4.78, 5) is 0. The SMILES string of the molecule is CNC1CCC(Cc2ccc(Cl)cc2)C1. The lowest BCUT2D eigenvalue weighted by atomic mass is 9.98. The highest BCUT2D eigenvalue weighted by molar-refractivity contribution is 6.30. The molecule has 2 heteroatoms. The summed E-state index contributed by atoms with van der Waals surface area (Å²) in [5, 5.41) is 4.20. The molecule has 15 heavy (non-hydrogen) atoms. The van der Waals surface area contributed by atoms with Crippen LogP contribution in [0.5, 0.6) is 0 Å². The maximum Gasteiger partial charge on any atom is 0.0406 e. The standard InChI is InChI=1S/C13H18ClN/c1-15-13-7-4-11(9-13)8-10-2-5-12(14)6-3-10/h2-3,5-6,11,13,15H,4,7-9H2,1H3. The number of hydrogen-bond donors (Lipinski definition) is 1. The van der Waals surface area contributed by atoms with E-state index in [9.17, 15) is 0 Å². The van der Waals surface area contributed by atoms with Crippen molar-refractivity contribution in [2.75, 3.05) is 7.05 Å². The van der Waals surface area contributed by atoms with E-state index in [4.69, 9.17) is 11.6 Å². The van der Waals surface area contributed by atoms with Gasteiger partial charge in [0.25, 0.3) is 0 Å². The van der Waals surface area contributed by atoms with Crippen LogP contribution >= 0.6 is 11.6 Å². The molecule has 1 aliphatic carbocycles. The Morgan fingerprint density at radius 1 is 1.27 bits per heavy atom. The third-order valence-electron chi connectivity index (χ3n) is 3.39. The van der Waals surface area contributed by atoms with Gasteiger partial charge < -0.3 is 5.32 Å². The Morgan fingerprint density at radius 3 is 2.60 bits per heavy atom. The summed E-state index contributed by atoms with van der Waals surface area (Å²) in [6.07, 6.45) is 5.21. The van der Waals surface area contributed by atoms with Crippen LogP contribution in [0.25, 0.3) is 0 Å². The van der Waals surface area contributed by atoms with Gasteiger partial charge in [0, 0.05) is 11.1 Å². The van der Waals surface area contributed by atoms with E-state index in [0.29, 0.717) is 0 Å². The molecule has 1 aromatic rings. The molecule has 2 atom stereocenters. The highest BCUT2D eigenvalue weighted by Crippen LogP contribution is 2.28. The number of nitrogens with one attached hydrogen (secondary N) is 1. The van der Waals surface area contributed by atoms with Crippen LogP contribution in [-0.2, 0) is 6.42 Å². The quantitative estimate of drug-likeness (QED) is 0.830. The van der Waals surface area contributed by atoms with Gasteiger partial charge in [-0.1, -0.05) is 23.7 Å². The molecule has 0 heterocycles. The lowest BCUT2D eigenvalue weighted by Gasteiger charge is -2.10. The first-order chi connectivity index (χ1) is 7.28. The minimum absolute atomic E-state index is 0.738. The van der Waals surface area contributed by atoms with Gasteiger partial charge in [0.2, 0.25) is 0 Å². The van der Waals surface area contributed by atoms with E-state index >= 15 is 0 Å². The Bertz CT molecular complexity index is 307. The summed E-state index contributed by atoms with van der Waals surface area (Å²) in [6, 6.07) is 9.01. The van der Waals surface area contributed by atoms with Gasteiger partial charge in [-0.15, -0.1) is 0 Å². The normalized spacial score (nSPS) is 25.7. The Kier molecular flexibility index (Phi) is 3.66. The van der Waals surface area contributed by atoms with Crippen LogP contribution in [0, 0.1) is 5.92 Å². The smallest absolute Gasteiger partial charge is 0.0406 e.